The van der Waals surface area contributed by atoms with Gasteiger partial charge in [-0.3, -0.25) is 0 Å². The first kappa shape index (κ1) is 10.6. The van der Waals surface area contributed by atoms with Gasteiger partial charge in [0.05, 0.1) is 5.60 Å². The Labute approximate surface area is 81.5 Å². The van der Waals surface area contributed by atoms with Crippen molar-refractivity contribution in [3.8, 4) is 11.8 Å². The van der Waals surface area contributed by atoms with Crippen molar-refractivity contribution < 1.29 is 5.11 Å². The van der Waals surface area contributed by atoms with Crippen LogP contribution in [0.15, 0.2) is 0 Å². The summed E-state index contributed by atoms with van der Waals surface area (Å²) >= 11 is 0. The molecule has 0 bridgehead atoms. The third kappa shape index (κ3) is 2.48. The maximum absolute atomic E-state index is 10.2. The molecule has 1 N–H and O–H groups in total. The molecule has 0 spiro atoms. The Hall–Kier alpha value is -0.480. The molecular weight excluding hydrogens is 160 g/mol. The molecule has 1 heteroatoms. The molecule has 1 aliphatic rings. The number of hydrogen-bond donors (Lipinski definition) is 1. The van der Waals surface area contributed by atoms with Gasteiger partial charge in [-0.15, -0.1) is 11.8 Å². The molecule has 0 aromatic carbocycles. The van der Waals surface area contributed by atoms with E-state index in [-0.39, 0.29) is 0 Å². The first-order valence-corrected chi connectivity index (χ1v) is 5.23. The molecule has 0 atom stereocenters. The average Bonchev–Trinajstić information content (AvgIpc) is 2.09. The monoisotopic (exact) mass is 180 g/mol. The van der Waals surface area contributed by atoms with E-state index in [1.165, 1.54) is 0 Å². The second-order valence-corrected chi connectivity index (χ2v) is 4.43. The molecule has 0 amide bonds. The summed E-state index contributed by atoms with van der Waals surface area (Å²) in [6.45, 7) is 6.10. The van der Waals surface area contributed by atoms with Crippen LogP contribution in [0.5, 0.6) is 0 Å². The van der Waals surface area contributed by atoms with Crippen LogP contribution >= 0.6 is 0 Å². The highest BCUT2D eigenvalue weighted by molar-refractivity contribution is 5.04. The van der Waals surface area contributed by atoms with Crippen molar-refractivity contribution >= 4 is 0 Å². The largest absolute Gasteiger partial charge is 0.390 e. The van der Waals surface area contributed by atoms with Gasteiger partial charge in [0.25, 0.3) is 0 Å². The van der Waals surface area contributed by atoms with Gasteiger partial charge in [0.15, 0.2) is 0 Å². The number of rotatable bonds is 1. The van der Waals surface area contributed by atoms with Crippen molar-refractivity contribution in [1.29, 1.82) is 0 Å². The van der Waals surface area contributed by atoms with Gasteiger partial charge in [-0.25, -0.2) is 0 Å². The zero-order valence-electron chi connectivity index (χ0n) is 8.93. The molecule has 0 aliphatic heterocycles. The van der Waals surface area contributed by atoms with Crippen LogP contribution < -0.4 is 0 Å². The zero-order valence-corrected chi connectivity index (χ0v) is 8.93. The third-order valence-corrected chi connectivity index (χ3v) is 3.27. The SMILES string of the molecule is CC#CC1CCC(O)(C(C)C)CC1. The Kier molecular flexibility index (Phi) is 3.39. The van der Waals surface area contributed by atoms with Crippen LogP contribution in [0.25, 0.3) is 0 Å². The number of hydrogen-bond acceptors (Lipinski definition) is 1. The van der Waals surface area contributed by atoms with Gasteiger partial charge >= 0.3 is 0 Å². The van der Waals surface area contributed by atoms with E-state index in [0.29, 0.717) is 11.8 Å². The maximum Gasteiger partial charge on any atom is 0.0671 e. The Morgan fingerprint density at radius 1 is 1.31 bits per heavy atom. The second kappa shape index (κ2) is 4.15. The van der Waals surface area contributed by atoms with Gasteiger partial charge in [0.1, 0.15) is 0 Å². The standard InChI is InChI=1S/C12H20O/c1-4-5-11-6-8-12(13,9-7-11)10(2)3/h10-11,13H,6-9H2,1-3H3. The molecule has 0 saturated heterocycles. The molecule has 13 heavy (non-hydrogen) atoms. The lowest BCUT2D eigenvalue weighted by Crippen LogP contribution is -2.38. The lowest BCUT2D eigenvalue weighted by atomic mass is 9.73. The predicted octanol–water partition coefficient (Wildman–Crippen LogP) is 2.59. The smallest absolute Gasteiger partial charge is 0.0671 e. The lowest BCUT2D eigenvalue weighted by molar-refractivity contribution is -0.0428. The lowest BCUT2D eigenvalue weighted by Gasteiger charge is -2.37. The van der Waals surface area contributed by atoms with Crippen LogP contribution in [-0.4, -0.2) is 10.7 Å². The van der Waals surface area contributed by atoms with Crippen LogP contribution in [0.2, 0.25) is 0 Å². The van der Waals surface area contributed by atoms with Crippen molar-refractivity contribution in [2.45, 2.75) is 52.1 Å². The van der Waals surface area contributed by atoms with Gasteiger partial charge in [0.2, 0.25) is 0 Å². The molecule has 0 heterocycles. The van der Waals surface area contributed by atoms with Gasteiger partial charge in [-0.2, -0.15) is 0 Å². The van der Waals surface area contributed by atoms with E-state index >= 15 is 0 Å². The molecule has 74 valence electrons. The van der Waals surface area contributed by atoms with E-state index in [1.54, 1.807) is 0 Å². The van der Waals surface area contributed by atoms with E-state index < -0.39 is 5.60 Å². The van der Waals surface area contributed by atoms with E-state index in [9.17, 15) is 5.11 Å². The van der Waals surface area contributed by atoms with Crippen molar-refractivity contribution in [2.75, 3.05) is 0 Å². The van der Waals surface area contributed by atoms with E-state index in [4.69, 9.17) is 0 Å². The molecule has 1 rings (SSSR count). The summed E-state index contributed by atoms with van der Waals surface area (Å²) in [6.07, 6.45) is 3.97. The van der Waals surface area contributed by atoms with Gasteiger partial charge < -0.3 is 5.11 Å². The third-order valence-electron chi connectivity index (χ3n) is 3.27. The zero-order chi connectivity index (χ0) is 9.90. The van der Waals surface area contributed by atoms with Crippen molar-refractivity contribution in [3.05, 3.63) is 0 Å². The summed E-state index contributed by atoms with van der Waals surface area (Å²) in [6, 6.07) is 0. The van der Waals surface area contributed by atoms with Crippen LogP contribution in [0, 0.1) is 23.7 Å². The maximum atomic E-state index is 10.2. The van der Waals surface area contributed by atoms with Crippen LogP contribution in [0.4, 0.5) is 0 Å². The highest BCUT2D eigenvalue weighted by Crippen LogP contribution is 2.36. The summed E-state index contributed by atoms with van der Waals surface area (Å²) in [5, 5.41) is 10.2. The van der Waals surface area contributed by atoms with E-state index in [1.807, 2.05) is 6.92 Å². The summed E-state index contributed by atoms with van der Waals surface area (Å²) < 4.78 is 0. The topological polar surface area (TPSA) is 20.2 Å². The van der Waals surface area contributed by atoms with Gasteiger partial charge in [0, 0.05) is 5.92 Å². The Balaban J connectivity index is 2.50. The highest BCUT2D eigenvalue weighted by Gasteiger charge is 2.35. The van der Waals surface area contributed by atoms with Crippen LogP contribution in [0.1, 0.15) is 46.5 Å². The summed E-state index contributed by atoms with van der Waals surface area (Å²) in [5.41, 5.74) is -0.411. The van der Waals surface area contributed by atoms with Crippen molar-refractivity contribution in [1.82, 2.24) is 0 Å². The predicted molar refractivity (Wildman–Crippen MR) is 55.2 cm³/mol. The Morgan fingerprint density at radius 2 is 1.85 bits per heavy atom. The minimum Gasteiger partial charge on any atom is -0.390 e. The van der Waals surface area contributed by atoms with Crippen molar-refractivity contribution in [2.24, 2.45) is 11.8 Å². The highest BCUT2D eigenvalue weighted by atomic mass is 16.3. The van der Waals surface area contributed by atoms with Crippen molar-refractivity contribution in [3.63, 3.8) is 0 Å². The normalized spacial score (nSPS) is 34.1. The molecule has 0 aromatic rings. The molecule has 1 saturated carbocycles. The van der Waals surface area contributed by atoms with Crippen LogP contribution in [-0.2, 0) is 0 Å². The molecular formula is C12H20O. The summed E-state index contributed by atoms with van der Waals surface area (Å²) in [4.78, 5) is 0. The molecule has 0 aromatic heterocycles. The first-order valence-electron chi connectivity index (χ1n) is 5.23. The van der Waals surface area contributed by atoms with E-state index in [0.717, 1.165) is 25.7 Å². The van der Waals surface area contributed by atoms with E-state index in [2.05, 4.69) is 25.7 Å². The molecule has 1 fully saturated rings. The van der Waals surface area contributed by atoms with Gasteiger partial charge in [-0.05, 0) is 38.5 Å². The Bertz CT molecular complexity index is 211. The molecule has 1 nitrogen and oxygen atoms in total. The first-order chi connectivity index (χ1) is 6.08. The average molecular weight is 180 g/mol. The minimum absolute atomic E-state index is 0.378. The summed E-state index contributed by atoms with van der Waals surface area (Å²) in [5.74, 6) is 7.07. The van der Waals surface area contributed by atoms with Gasteiger partial charge in [-0.1, -0.05) is 13.8 Å². The van der Waals surface area contributed by atoms with Crippen LogP contribution in [0.3, 0.4) is 0 Å². The summed E-state index contributed by atoms with van der Waals surface area (Å²) in [7, 11) is 0. The second-order valence-electron chi connectivity index (χ2n) is 4.43. The minimum atomic E-state index is -0.411. The molecule has 0 radical (unpaired) electrons. The molecule has 0 unspecified atom stereocenters. The number of aliphatic hydroxyl groups is 1. The molecule has 1 aliphatic carbocycles. The quantitative estimate of drug-likeness (QED) is 0.615. The fourth-order valence-corrected chi connectivity index (χ4v) is 2.04. The fraction of sp³-hybridized carbons (Fsp3) is 0.833. The fourth-order valence-electron chi connectivity index (χ4n) is 2.04. The Morgan fingerprint density at radius 3 is 2.23 bits per heavy atom.